The normalized spacial score (nSPS) is 20.1. The Morgan fingerprint density at radius 1 is 1.22 bits per heavy atom. The second-order valence-electron chi connectivity index (χ2n) is 5.44. The van der Waals surface area contributed by atoms with E-state index in [-0.39, 0.29) is 6.04 Å². The van der Waals surface area contributed by atoms with Gasteiger partial charge in [0.2, 0.25) is 0 Å². The maximum absolute atomic E-state index is 6.39. The predicted octanol–water partition coefficient (Wildman–Crippen LogP) is 3.97. The lowest BCUT2D eigenvalue weighted by Gasteiger charge is -2.26. The molecule has 1 aromatic heterocycles. The van der Waals surface area contributed by atoms with Gasteiger partial charge in [0, 0.05) is 18.4 Å². The molecule has 0 radical (unpaired) electrons. The smallest absolute Gasteiger partial charge is 0.0621 e. The number of nitrogens with zero attached hydrogens (tertiary/aromatic N) is 1. The number of hydrogen-bond donors (Lipinski definition) is 1. The summed E-state index contributed by atoms with van der Waals surface area (Å²) in [4.78, 5) is 4.02. The van der Waals surface area contributed by atoms with Crippen molar-refractivity contribution in [3.05, 3.63) is 29.0 Å². The summed E-state index contributed by atoms with van der Waals surface area (Å²) < 4.78 is 0. The van der Waals surface area contributed by atoms with Crippen LogP contribution in [-0.4, -0.2) is 11.0 Å². The fourth-order valence-electron chi connectivity index (χ4n) is 2.91. The Bertz CT molecular complexity index is 359. The molecule has 18 heavy (non-hydrogen) atoms. The molecule has 0 saturated heterocycles. The van der Waals surface area contributed by atoms with E-state index in [1.165, 1.54) is 44.9 Å². The fourth-order valence-corrected chi connectivity index (χ4v) is 3.10. The summed E-state index contributed by atoms with van der Waals surface area (Å²) in [5.74, 6) is 0.662. The van der Waals surface area contributed by atoms with Crippen molar-refractivity contribution in [2.75, 3.05) is 0 Å². The van der Waals surface area contributed by atoms with Crippen LogP contribution < -0.4 is 5.73 Å². The first kappa shape index (κ1) is 13.8. The summed E-state index contributed by atoms with van der Waals surface area (Å²) in [6.07, 6.45) is 13.8. The summed E-state index contributed by atoms with van der Waals surface area (Å²) in [5, 5.41) is 0.749. The summed E-state index contributed by atoms with van der Waals surface area (Å²) in [6.45, 7) is 0. The molecule has 0 amide bonds. The molecule has 0 aliphatic heterocycles. The Labute approximate surface area is 115 Å². The Morgan fingerprint density at radius 3 is 2.56 bits per heavy atom. The van der Waals surface area contributed by atoms with Gasteiger partial charge in [-0.1, -0.05) is 43.7 Å². The van der Waals surface area contributed by atoms with E-state index in [1.54, 1.807) is 12.4 Å². The van der Waals surface area contributed by atoms with Crippen molar-refractivity contribution in [3.63, 3.8) is 0 Å². The van der Waals surface area contributed by atoms with Crippen LogP contribution in [0, 0.1) is 5.92 Å². The zero-order chi connectivity index (χ0) is 12.8. The molecule has 1 aliphatic rings. The van der Waals surface area contributed by atoms with Crippen molar-refractivity contribution >= 4 is 11.6 Å². The van der Waals surface area contributed by atoms with E-state index in [2.05, 4.69) is 4.98 Å². The molecule has 1 heterocycles. The maximum atomic E-state index is 6.39. The Morgan fingerprint density at radius 2 is 1.89 bits per heavy atom. The van der Waals surface area contributed by atoms with Crippen molar-refractivity contribution in [2.24, 2.45) is 11.7 Å². The number of hydrogen-bond acceptors (Lipinski definition) is 2. The molecular weight excluding hydrogens is 244 g/mol. The molecule has 0 aromatic carbocycles. The number of halogens is 1. The first-order valence-electron chi connectivity index (χ1n) is 7.11. The average molecular weight is 267 g/mol. The topological polar surface area (TPSA) is 38.9 Å². The van der Waals surface area contributed by atoms with E-state index < -0.39 is 0 Å². The van der Waals surface area contributed by atoms with Gasteiger partial charge in [0.25, 0.3) is 0 Å². The van der Waals surface area contributed by atoms with Gasteiger partial charge in [-0.15, -0.1) is 0 Å². The zero-order valence-electron chi connectivity index (χ0n) is 10.9. The quantitative estimate of drug-likeness (QED) is 0.899. The molecule has 2 N–H and O–H groups in total. The summed E-state index contributed by atoms with van der Waals surface area (Å²) in [7, 11) is 0. The van der Waals surface area contributed by atoms with Crippen LogP contribution >= 0.6 is 11.6 Å². The van der Waals surface area contributed by atoms with Crippen molar-refractivity contribution in [1.82, 2.24) is 4.98 Å². The molecule has 1 fully saturated rings. The van der Waals surface area contributed by atoms with Crippen LogP contribution in [0.15, 0.2) is 18.5 Å². The van der Waals surface area contributed by atoms with Crippen LogP contribution in [0.5, 0.6) is 0 Å². The van der Waals surface area contributed by atoms with Gasteiger partial charge in [-0.25, -0.2) is 0 Å². The zero-order valence-corrected chi connectivity index (χ0v) is 11.7. The highest BCUT2D eigenvalue weighted by Gasteiger charge is 2.19. The summed E-state index contributed by atoms with van der Waals surface area (Å²) in [6, 6.07) is 2.23. The lowest BCUT2D eigenvalue weighted by Crippen LogP contribution is -2.33. The van der Waals surface area contributed by atoms with Crippen LogP contribution in [0.2, 0.25) is 5.02 Å². The van der Waals surface area contributed by atoms with Crippen LogP contribution in [0.1, 0.15) is 50.5 Å². The molecule has 1 unspecified atom stereocenters. The predicted molar refractivity (Wildman–Crippen MR) is 76.7 cm³/mol. The summed E-state index contributed by atoms with van der Waals surface area (Å²) >= 11 is 6.15. The van der Waals surface area contributed by atoms with Crippen molar-refractivity contribution in [2.45, 2.75) is 57.4 Å². The highest BCUT2D eigenvalue weighted by molar-refractivity contribution is 6.31. The Balaban J connectivity index is 1.93. The Hall–Kier alpha value is -0.600. The fraction of sp³-hybridized carbons (Fsp3) is 0.667. The van der Waals surface area contributed by atoms with E-state index in [4.69, 9.17) is 17.3 Å². The third-order valence-electron chi connectivity index (χ3n) is 4.07. The highest BCUT2D eigenvalue weighted by Crippen LogP contribution is 2.26. The highest BCUT2D eigenvalue weighted by atomic mass is 35.5. The number of pyridine rings is 1. The van der Waals surface area contributed by atoms with Gasteiger partial charge in [-0.3, -0.25) is 4.98 Å². The van der Waals surface area contributed by atoms with Gasteiger partial charge >= 0.3 is 0 Å². The van der Waals surface area contributed by atoms with E-state index in [1.807, 2.05) is 6.07 Å². The largest absolute Gasteiger partial charge is 0.327 e. The molecule has 2 rings (SSSR count). The lowest BCUT2D eigenvalue weighted by atomic mass is 9.84. The van der Waals surface area contributed by atoms with E-state index in [0.717, 1.165) is 17.0 Å². The van der Waals surface area contributed by atoms with E-state index in [0.29, 0.717) is 5.92 Å². The average Bonchev–Trinajstić information content (AvgIpc) is 2.31. The first-order valence-corrected chi connectivity index (χ1v) is 7.49. The van der Waals surface area contributed by atoms with Gasteiger partial charge in [0.05, 0.1) is 5.02 Å². The first-order chi connectivity index (χ1) is 8.77. The monoisotopic (exact) mass is 266 g/mol. The summed E-state index contributed by atoms with van der Waals surface area (Å²) in [5.41, 5.74) is 7.53. The minimum Gasteiger partial charge on any atom is -0.327 e. The number of rotatable bonds is 3. The van der Waals surface area contributed by atoms with Crippen LogP contribution in [0.25, 0.3) is 0 Å². The van der Waals surface area contributed by atoms with Crippen LogP contribution in [-0.2, 0) is 6.42 Å². The molecule has 1 aromatic rings. The van der Waals surface area contributed by atoms with E-state index in [9.17, 15) is 0 Å². The second kappa shape index (κ2) is 7.10. The minimum atomic E-state index is 0.239. The molecule has 3 heteroatoms. The SMILES string of the molecule is NC(Cc1ccncc1Cl)C1CCCCCCC1. The van der Waals surface area contributed by atoms with Crippen molar-refractivity contribution in [3.8, 4) is 0 Å². The third kappa shape index (κ3) is 3.96. The van der Waals surface area contributed by atoms with Crippen molar-refractivity contribution in [1.29, 1.82) is 0 Å². The molecule has 0 spiro atoms. The van der Waals surface area contributed by atoms with Crippen LogP contribution in [0.3, 0.4) is 0 Å². The standard InChI is InChI=1S/C15H23ClN2/c16-14-11-18-9-8-13(14)10-15(17)12-6-4-2-1-3-5-7-12/h8-9,11-12,15H,1-7,10,17H2. The Kier molecular flexibility index (Phi) is 5.45. The molecule has 100 valence electrons. The van der Waals surface area contributed by atoms with Gasteiger partial charge in [-0.05, 0) is 36.8 Å². The third-order valence-corrected chi connectivity index (χ3v) is 4.41. The van der Waals surface area contributed by atoms with Crippen LogP contribution in [0.4, 0.5) is 0 Å². The molecule has 0 bridgehead atoms. The van der Waals surface area contributed by atoms with E-state index >= 15 is 0 Å². The van der Waals surface area contributed by atoms with Gasteiger partial charge < -0.3 is 5.73 Å². The molecule has 1 atom stereocenters. The lowest BCUT2D eigenvalue weighted by molar-refractivity contribution is 0.322. The van der Waals surface area contributed by atoms with Gasteiger partial charge in [-0.2, -0.15) is 0 Å². The minimum absolute atomic E-state index is 0.239. The molecule has 2 nitrogen and oxygen atoms in total. The molecule has 1 aliphatic carbocycles. The number of aromatic nitrogens is 1. The van der Waals surface area contributed by atoms with Gasteiger partial charge in [0.1, 0.15) is 0 Å². The maximum Gasteiger partial charge on any atom is 0.0621 e. The van der Waals surface area contributed by atoms with Crippen molar-refractivity contribution < 1.29 is 0 Å². The number of nitrogens with two attached hydrogens (primary N) is 1. The molecule has 1 saturated carbocycles. The molecular formula is C15H23ClN2. The van der Waals surface area contributed by atoms with Gasteiger partial charge in [0.15, 0.2) is 0 Å². The second-order valence-corrected chi connectivity index (χ2v) is 5.85.